The van der Waals surface area contributed by atoms with Crippen LogP contribution in [0.3, 0.4) is 0 Å². The molecule has 0 aliphatic carbocycles. The normalized spacial score (nSPS) is 18.7. The SMILES string of the molecule is CC1CCCN(S(=O)(=O)c2ccc(NC(=O)c3cnccn3)cc2)C1. The molecule has 1 aromatic carbocycles. The lowest BCUT2D eigenvalue weighted by molar-refractivity contribution is 0.102. The lowest BCUT2D eigenvalue weighted by Gasteiger charge is -2.30. The molecule has 3 rings (SSSR count). The largest absolute Gasteiger partial charge is 0.321 e. The number of nitrogens with zero attached hydrogens (tertiary/aromatic N) is 3. The van der Waals surface area contributed by atoms with Crippen molar-refractivity contribution in [2.45, 2.75) is 24.7 Å². The Morgan fingerprint density at radius 2 is 2.00 bits per heavy atom. The Labute approximate surface area is 147 Å². The number of hydrogen-bond donors (Lipinski definition) is 1. The summed E-state index contributed by atoms with van der Waals surface area (Å²) in [4.78, 5) is 20.0. The van der Waals surface area contributed by atoms with Gasteiger partial charge >= 0.3 is 0 Å². The molecule has 0 saturated carbocycles. The van der Waals surface area contributed by atoms with E-state index in [1.165, 1.54) is 35.0 Å². The van der Waals surface area contributed by atoms with Crippen LogP contribution in [0, 0.1) is 5.92 Å². The van der Waals surface area contributed by atoms with Gasteiger partial charge in [0.15, 0.2) is 0 Å². The van der Waals surface area contributed by atoms with Crippen molar-refractivity contribution in [3.05, 3.63) is 48.5 Å². The predicted octanol–water partition coefficient (Wildman–Crippen LogP) is 2.15. The van der Waals surface area contributed by atoms with Crippen LogP contribution in [0.4, 0.5) is 5.69 Å². The molecule has 2 heterocycles. The van der Waals surface area contributed by atoms with Crippen molar-refractivity contribution in [1.82, 2.24) is 14.3 Å². The van der Waals surface area contributed by atoms with E-state index in [9.17, 15) is 13.2 Å². The van der Waals surface area contributed by atoms with E-state index < -0.39 is 15.9 Å². The Morgan fingerprint density at radius 3 is 2.64 bits per heavy atom. The van der Waals surface area contributed by atoms with Gasteiger partial charge in [-0.05, 0) is 43.0 Å². The fourth-order valence-electron chi connectivity index (χ4n) is 2.84. The number of sulfonamides is 1. The third-order valence-electron chi connectivity index (χ3n) is 4.17. The van der Waals surface area contributed by atoms with Gasteiger partial charge in [0.05, 0.1) is 11.1 Å². The number of carbonyl (C=O) groups excluding carboxylic acids is 1. The Morgan fingerprint density at radius 1 is 1.24 bits per heavy atom. The Bertz CT molecular complexity index is 838. The average Bonchev–Trinajstić information content (AvgIpc) is 2.63. The summed E-state index contributed by atoms with van der Waals surface area (Å²) in [6.07, 6.45) is 6.22. The zero-order valence-electron chi connectivity index (χ0n) is 13.9. The fraction of sp³-hybridized carbons (Fsp3) is 0.353. The molecular formula is C17H20N4O3S. The van der Waals surface area contributed by atoms with Gasteiger partial charge in [-0.3, -0.25) is 9.78 Å². The highest BCUT2D eigenvalue weighted by Crippen LogP contribution is 2.24. The molecule has 1 aromatic heterocycles. The summed E-state index contributed by atoms with van der Waals surface area (Å²) in [6, 6.07) is 6.19. The summed E-state index contributed by atoms with van der Waals surface area (Å²) >= 11 is 0. The molecule has 1 aliphatic heterocycles. The van der Waals surface area contributed by atoms with Crippen molar-refractivity contribution in [1.29, 1.82) is 0 Å². The number of piperidine rings is 1. The van der Waals surface area contributed by atoms with Gasteiger partial charge in [-0.15, -0.1) is 0 Å². The van der Waals surface area contributed by atoms with Crippen molar-refractivity contribution in [2.24, 2.45) is 5.92 Å². The molecule has 25 heavy (non-hydrogen) atoms. The van der Waals surface area contributed by atoms with Crippen LogP contribution in [0.5, 0.6) is 0 Å². The zero-order chi connectivity index (χ0) is 17.9. The first kappa shape index (κ1) is 17.5. The molecule has 1 atom stereocenters. The molecule has 2 aromatic rings. The topological polar surface area (TPSA) is 92.3 Å². The van der Waals surface area contributed by atoms with E-state index in [0.717, 1.165) is 12.8 Å². The lowest BCUT2D eigenvalue weighted by Crippen LogP contribution is -2.39. The quantitative estimate of drug-likeness (QED) is 0.902. The highest BCUT2D eigenvalue weighted by Gasteiger charge is 2.28. The van der Waals surface area contributed by atoms with E-state index in [1.807, 2.05) is 0 Å². The number of carbonyl (C=O) groups is 1. The van der Waals surface area contributed by atoms with Crippen molar-refractivity contribution < 1.29 is 13.2 Å². The van der Waals surface area contributed by atoms with Gasteiger partial charge in [0.25, 0.3) is 5.91 Å². The molecule has 1 aliphatic rings. The molecule has 1 amide bonds. The number of anilines is 1. The van der Waals surface area contributed by atoms with Gasteiger partial charge in [0.2, 0.25) is 10.0 Å². The van der Waals surface area contributed by atoms with Gasteiger partial charge in [0.1, 0.15) is 5.69 Å². The standard InChI is InChI=1S/C17H20N4O3S/c1-13-3-2-10-21(12-13)25(23,24)15-6-4-14(5-7-15)20-17(22)16-11-18-8-9-19-16/h4-9,11,13H,2-3,10,12H2,1H3,(H,20,22). The summed E-state index contributed by atoms with van der Waals surface area (Å²) in [5.74, 6) is -0.0253. The molecule has 1 N–H and O–H groups in total. The third-order valence-corrected chi connectivity index (χ3v) is 6.04. The first-order valence-corrected chi connectivity index (χ1v) is 9.58. The van der Waals surface area contributed by atoms with Crippen LogP contribution in [-0.4, -0.2) is 41.7 Å². The fourth-order valence-corrected chi connectivity index (χ4v) is 4.43. The summed E-state index contributed by atoms with van der Waals surface area (Å²) in [5, 5.41) is 2.67. The van der Waals surface area contributed by atoms with Crippen molar-refractivity contribution in [3.63, 3.8) is 0 Å². The number of benzene rings is 1. The summed E-state index contributed by atoms with van der Waals surface area (Å²) < 4.78 is 27.0. The van der Waals surface area contributed by atoms with Crippen molar-refractivity contribution in [3.8, 4) is 0 Å². The molecule has 1 unspecified atom stereocenters. The van der Waals surface area contributed by atoms with Crippen LogP contribution in [-0.2, 0) is 10.0 Å². The Balaban J connectivity index is 1.72. The molecule has 8 heteroatoms. The van der Waals surface area contributed by atoms with Gasteiger partial charge in [-0.1, -0.05) is 6.92 Å². The van der Waals surface area contributed by atoms with Crippen LogP contribution in [0.25, 0.3) is 0 Å². The lowest BCUT2D eigenvalue weighted by atomic mass is 10.0. The van der Waals surface area contributed by atoms with Crippen molar-refractivity contribution in [2.75, 3.05) is 18.4 Å². The molecule has 1 fully saturated rings. The molecule has 132 valence electrons. The average molecular weight is 360 g/mol. The second kappa shape index (κ2) is 7.28. The third kappa shape index (κ3) is 4.02. The predicted molar refractivity (Wildman–Crippen MR) is 93.6 cm³/mol. The molecular weight excluding hydrogens is 340 g/mol. The molecule has 0 bridgehead atoms. The maximum absolute atomic E-state index is 12.7. The van der Waals surface area contributed by atoms with Gasteiger partial charge in [0, 0.05) is 31.2 Å². The number of nitrogens with one attached hydrogen (secondary N) is 1. The zero-order valence-corrected chi connectivity index (χ0v) is 14.7. The van der Waals surface area contributed by atoms with E-state index in [0.29, 0.717) is 24.7 Å². The van der Waals surface area contributed by atoms with Gasteiger partial charge in [-0.2, -0.15) is 4.31 Å². The van der Waals surface area contributed by atoms with E-state index in [-0.39, 0.29) is 10.6 Å². The van der Waals surface area contributed by atoms with E-state index in [2.05, 4.69) is 22.2 Å². The van der Waals surface area contributed by atoms with Crippen LogP contribution < -0.4 is 5.32 Å². The number of rotatable bonds is 4. The summed E-state index contributed by atoms with van der Waals surface area (Å²) in [7, 11) is -3.49. The molecule has 7 nitrogen and oxygen atoms in total. The monoisotopic (exact) mass is 360 g/mol. The maximum atomic E-state index is 12.7. The smallest absolute Gasteiger partial charge is 0.275 e. The van der Waals surface area contributed by atoms with E-state index in [4.69, 9.17) is 0 Å². The van der Waals surface area contributed by atoms with E-state index in [1.54, 1.807) is 12.1 Å². The minimum atomic E-state index is -3.49. The van der Waals surface area contributed by atoms with Crippen LogP contribution in [0.2, 0.25) is 0 Å². The van der Waals surface area contributed by atoms with Crippen LogP contribution in [0.1, 0.15) is 30.3 Å². The first-order valence-electron chi connectivity index (χ1n) is 8.14. The number of hydrogen-bond acceptors (Lipinski definition) is 5. The summed E-state index contributed by atoms with van der Waals surface area (Å²) in [5.41, 5.74) is 0.697. The Hall–Kier alpha value is -2.32. The highest BCUT2D eigenvalue weighted by molar-refractivity contribution is 7.89. The maximum Gasteiger partial charge on any atom is 0.275 e. The minimum absolute atomic E-state index is 0.196. The number of aromatic nitrogens is 2. The first-order chi connectivity index (χ1) is 12.0. The number of amides is 1. The van der Waals surface area contributed by atoms with Gasteiger partial charge < -0.3 is 5.32 Å². The Kier molecular flexibility index (Phi) is 5.10. The second-order valence-corrected chi connectivity index (χ2v) is 8.12. The van der Waals surface area contributed by atoms with Crippen LogP contribution >= 0.6 is 0 Å². The molecule has 1 saturated heterocycles. The molecule has 0 spiro atoms. The van der Waals surface area contributed by atoms with E-state index >= 15 is 0 Å². The van der Waals surface area contributed by atoms with Gasteiger partial charge in [-0.25, -0.2) is 13.4 Å². The minimum Gasteiger partial charge on any atom is -0.321 e. The highest BCUT2D eigenvalue weighted by atomic mass is 32.2. The summed E-state index contributed by atoms with van der Waals surface area (Å²) in [6.45, 7) is 3.16. The second-order valence-electron chi connectivity index (χ2n) is 6.18. The molecule has 0 radical (unpaired) electrons. The van der Waals surface area contributed by atoms with Crippen LogP contribution in [0.15, 0.2) is 47.8 Å². The van der Waals surface area contributed by atoms with Crippen molar-refractivity contribution >= 4 is 21.6 Å².